The van der Waals surface area contributed by atoms with E-state index in [4.69, 9.17) is 17.3 Å². The van der Waals surface area contributed by atoms with Gasteiger partial charge in [0.1, 0.15) is 0 Å². The number of hydrogen-bond donors (Lipinski definition) is 2. The first-order chi connectivity index (χ1) is 8.56. The number of primary amides is 1. The second-order valence-electron chi connectivity index (χ2n) is 4.04. The quantitative estimate of drug-likeness (QED) is 0.614. The monoisotopic (exact) mass is 268 g/mol. The highest BCUT2D eigenvalue weighted by Gasteiger charge is 2.10. The fourth-order valence-corrected chi connectivity index (χ4v) is 1.82. The van der Waals surface area contributed by atoms with Gasteiger partial charge in [-0.3, -0.25) is 9.59 Å². The Morgan fingerprint density at radius 2 is 2.06 bits per heavy atom. The maximum atomic E-state index is 11.7. The van der Waals surface area contributed by atoms with Crippen LogP contribution >= 0.6 is 11.6 Å². The molecule has 0 saturated carbocycles. The molecule has 5 heteroatoms. The normalized spacial score (nSPS) is 10.1. The second-order valence-corrected chi connectivity index (χ2v) is 4.41. The summed E-state index contributed by atoms with van der Waals surface area (Å²) in [6.07, 6.45) is 1.99. The van der Waals surface area contributed by atoms with Gasteiger partial charge in [0.15, 0.2) is 0 Å². The molecule has 1 aromatic rings. The highest BCUT2D eigenvalue weighted by atomic mass is 35.5. The average molecular weight is 269 g/mol. The van der Waals surface area contributed by atoms with Gasteiger partial charge in [-0.1, -0.05) is 6.07 Å². The number of nitrogens with two attached hydrogens (primary N) is 1. The highest BCUT2D eigenvalue weighted by molar-refractivity contribution is 6.17. The van der Waals surface area contributed by atoms with E-state index in [9.17, 15) is 9.59 Å². The van der Waals surface area contributed by atoms with E-state index in [2.05, 4.69) is 5.32 Å². The minimum Gasteiger partial charge on any atom is -0.366 e. The summed E-state index contributed by atoms with van der Waals surface area (Å²) < 4.78 is 0. The maximum Gasteiger partial charge on any atom is 0.249 e. The van der Waals surface area contributed by atoms with Crippen LogP contribution in [-0.2, 0) is 4.79 Å². The Kier molecular flexibility index (Phi) is 5.65. The lowest BCUT2D eigenvalue weighted by Gasteiger charge is -2.10. The highest BCUT2D eigenvalue weighted by Crippen LogP contribution is 2.19. The van der Waals surface area contributed by atoms with Gasteiger partial charge in [-0.25, -0.2) is 0 Å². The van der Waals surface area contributed by atoms with E-state index >= 15 is 0 Å². The van der Waals surface area contributed by atoms with Crippen molar-refractivity contribution in [2.45, 2.75) is 26.2 Å². The molecule has 0 fully saturated rings. The summed E-state index contributed by atoms with van der Waals surface area (Å²) in [5.41, 5.74) is 6.99. The van der Waals surface area contributed by atoms with Crippen molar-refractivity contribution in [3.05, 3.63) is 29.3 Å². The molecule has 1 aromatic carbocycles. The van der Waals surface area contributed by atoms with Crippen LogP contribution in [0.3, 0.4) is 0 Å². The van der Waals surface area contributed by atoms with Gasteiger partial charge in [0.25, 0.3) is 0 Å². The Bertz CT molecular complexity index is 447. The molecule has 4 nitrogen and oxygen atoms in total. The third kappa shape index (κ3) is 4.04. The van der Waals surface area contributed by atoms with Gasteiger partial charge in [-0.15, -0.1) is 11.6 Å². The molecule has 0 heterocycles. The lowest BCUT2D eigenvalue weighted by atomic mass is 10.1. The van der Waals surface area contributed by atoms with Gasteiger partial charge in [0, 0.05) is 23.6 Å². The molecule has 0 aliphatic rings. The van der Waals surface area contributed by atoms with Crippen molar-refractivity contribution in [1.82, 2.24) is 0 Å². The van der Waals surface area contributed by atoms with Gasteiger partial charge in [-0.05, 0) is 37.5 Å². The largest absolute Gasteiger partial charge is 0.366 e. The van der Waals surface area contributed by atoms with E-state index in [0.29, 0.717) is 29.1 Å². The number of hydrogen-bond acceptors (Lipinski definition) is 2. The minimum atomic E-state index is -0.495. The summed E-state index contributed by atoms with van der Waals surface area (Å²) in [7, 11) is 0. The van der Waals surface area contributed by atoms with Gasteiger partial charge in [-0.2, -0.15) is 0 Å². The SMILES string of the molecule is Cc1c(NC(=O)CCCCCl)cccc1C(N)=O. The predicted molar refractivity (Wildman–Crippen MR) is 72.9 cm³/mol. The summed E-state index contributed by atoms with van der Waals surface area (Å²) in [4.78, 5) is 22.8. The fourth-order valence-electron chi connectivity index (χ4n) is 1.63. The molecule has 0 bridgehead atoms. The number of carbonyl (C=O) groups is 2. The first-order valence-corrected chi connectivity index (χ1v) is 6.35. The molecule has 2 amide bonds. The van der Waals surface area contributed by atoms with Gasteiger partial charge in [0.05, 0.1) is 0 Å². The van der Waals surface area contributed by atoms with Crippen LogP contribution in [0.15, 0.2) is 18.2 Å². The summed E-state index contributed by atoms with van der Waals surface area (Å²) >= 11 is 5.54. The number of halogens is 1. The molecule has 1 rings (SSSR count). The van der Waals surface area contributed by atoms with E-state index in [0.717, 1.165) is 12.8 Å². The molecule has 0 radical (unpaired) electrons. The molecule has 0 aliphatic carbocycles. The summed E-state index contributed by atoms with van der Waals surface area (Å²) in [5.74, 6) is -0.0145. The number of anilines is 1. The lowest BCUT2D eigenvalue weighted by molar-refractivity contribution is -0.116. The third-order valence-electron chi connectivity index (χ3n) is 2.66. The van der Waals surface area contributed by atoms with Crippen LogP contribution < -0.4 is 11.1 Å². The number of alkyl halides is 1. The first kappa shape index (κ1) is 14.5. The second kappa shape index (κ2) is 7.01. The Morgan fingerprint density at radius 1 is 1.33 bits per heavy atom. The molecule has 0 aliphatic heterocycles. The van der Waals surface area contributed by atoms with Crippen LogP contribution in [0.4, 0.5) is 5.69 Å². The molecule has 98 valence electrons. The molecular formula is C13H17ClN2O2. The Labute approximate surface area is 112 Å². The Hall–Kier alpha value is -1.55. The number of benzene rings is 1. The van der Waals surface area contributed by atoms with Crippen LogP contribution in [0, 0.1) is 6.92 Å². The third-order valence-corrected chi connectivity index (χ3v) is 2.93. The summed E-state index contributed by atoms with van der Waals surface area (Å²) in [6.45, 7) is 1.76. The van der Waals surface area contributed by atoms with Crippen molar-refractivity contribution in [3.8, 4) is 0 Å². The maximum absolute atomic E-state index is 11.7. The molecular weight excluding hydrogens is 252 g/mol. The number of amides is 2. The van der Waals surface area contributed by atoms with Crippen LogP contribution in [0.1, 0.15) is 35.2 Å². The zero-order valence-corrected chi connectivity index (χ0v) is 11.1. The molecule has 3 N–H and O–H groups in total. The number of rotatable bonds is 6. The fraction of sp³-hybridized carbons (Fsp3) is 0.385. The first-order valence-electron chi connectivity index (χ1n) is 5.81. The summed E-state index contributed by atoms with van der Waals surface area (Å²) in [5, 5.41) is 2.77. The topological polar surface area (TPSA) is 72.2 Å². The van der Waals surface area contributed by atoms with Crippen molar-refractivity contribution in [2.24, 2.45) is 5.73 Å². The molecule has 0 saturated heterocycles. The molecule has 18 heavy (non-hydrogen) atoms. The predicted octanol–water partition coefficient (Wildman–Crippen LogP) is 2.44. The van der Waals surface area contributed by atoms with Crippen molar-refractivity contribution >= 4 is 29.1 Å². The van der Waals surface area contributed by atoms with Crippen molar-refractivity contribution in [1.29, 1.82) is 0 Å². The molecule has 0 unspecified atom stereocenters. The van der Waals surface area contributed by atoms with Crippen LogP contribution in [-0.4, -0.2) is 17.7 Å². The smallest absolute Gasteiger partial charge is 0.249 e. The van der Waals surface area contributed by atoms with E-state index in [1.165, 1.54) is 0 Å². The molecule has 0 spiro atoms. The van der Waals surface area contributed by atoms with Gasteiger partial charge < -0.3 is 11.1 Å². The van der Waals surface area contributed by atoms with E-state index in [-0.39, 0.29) is 5.91 Å². The van der Waals surface area contributed by atoms with Crippen molar-refractivity contribution in [2.75, 3.05) is 11.2 Å². The molecule has 0 atom stereocenters. The van der Waals surface area contributed by atoms with E-state index < -0.39 is 5.91 Å². The van der Waals surface area contributed by atoms with Gasteiger partial charge in [0.2, 0.25) is 11.8 Å². The summed E-state index contributed by atoms with van der Waals surface area (Å²) in [6, 6.07) is 5.09. The van der Waals surface area contributed by atoms with Crippen LogP contribution in [0.25, 0.3) is 0 Å². The minimum absolute atomic E-state index is 0.0789. The number of nitrogens with one attached hydrogen (secondary N) is 1. The number of carbonyl (C=O) groups excluding carboxylic acids is 2. The van der Waals surface area contributed by atoms with E-state index in [1.807, 2.05) is 0 Å². The van der Waals surface area contributed by atoms with Crippen LogP contribution in [0.2, 0.25) is 0 Å². The van der Waals surface area contributed by atoms with E-state index in [1.54, 1.807) is 25.1 Å². The average Bonchev–Trinajstić information content (AvgIpc) is 2.32. The standard InChI is InChI=1S/C13H17ClN2O2/c1-9-10(13(15)18)5-4-6-11(9)16-12(17)7-2-3-8-14/h4-6H,2-3,7-8H2,1H3,(H2,15,18)(H,16,17). The van der Waals surface area contributed by atoms with Crippen molar-refractivity contribution in [3.63, 3.8) is 0 Å². The van der Waals surface area contributed by atoms with Gasteiger partial charge >= 0.3 is 0 Å². The Balaban J connectivity index is 2.70. The van der Waals surface area contributed by atoms with Crippen molar-refractivity contribution < 1.29 is 9.59 Å². The number of unbranched alkanes of at least 4 members (excludes halogenated alkanes) is 1. The lowest BCUT2D eigenvalue weighted by Crippen LogP contribution is -2.16. The zero-order chi connectivity index (χ0) is 13.5. The zero-order valence-electron chi connectivity index (χ0n) is 10.3. The van der Waals surface area contributed by atoms with Crippen LogP contribution in [0.5, 0.6) is 0 Å². The molecule has 0 aromatic heterocycles. The Morgan fingerprint density at radius 3 is 2.67 bits per heavy atom.